The molecule has 0 aliphatic carbocycles. The molecule has 0 unspecified atom stereocenters. The summed E-state index contributed by atoms with van der Waals surface area (Å²) in [5.74, 6) is -0.478. The molecule has 0 heterocycles. The summed E-state index contributed by atoms with van der Waals surface area (Å²) in [6.45, 7) is 4.17. The van der Waals surface area contributed by atoms with E-state index in [1.54, 1.807) is 24.3 Å². The Morgan fingerprint density at radius 3 is 2.65 bits per heavy atom. The molecular formula is C17H16O3. The van der Waals surface area contributed by atoms with Crippen molar-refractivity contribution >= 4 is 12.3 Å². The van der Waals surface area contributed by atoms with Crippen LogP contribution < -0.4 is 0 Å². The summed E-state index contributed by atoms with van der Waals surface area (Å²) in [4.78, 5) is 22.9. The van der Waals surface area contributed by atoms with Gasteiger partial charge in [0.25, 0.3) is 0 Å². The molecule has 0 aliphatic rings. The third-order valence-electron chi connectivity index (χ3n) is 3.17. The molecule has 20 heavy (non-hydrogen) atoms. The van der Waals surface area contributed by atoms with Crippen LogP contribution >= 0.6 is 0 Å². The van der Waals surface area contributed by atoms with Gasteiger partial charge < -0.3 is 4.74 Å². The van der Waals surface area contributed by atoms with E-state index in [0.717, 1.165) is 16.7 Å². The minimum Gasteiger partial charge on any atom is -0.457 e. The zero-order valence-corrected chi connectivity index (χ0v) is 11.6. The number of benzene rings is 2. The zero-order chi connectivity index (χ0) is 14.5. The molecule has 0 aromatic heterocycles. The maximum atomic E-state index is 12.0. The second-order valence-electron chi connectivity index (χ2n) is 4.71. The molecule has 3 nitrogen and oxygen atoms in total. The standard InChI is InChI=1S/C17H16O3/c1-12-7-8-13(2)15(9-12)11-20-17(19)16-6-4-3-5-14(16)10-18/h3-10H,11H2,1-2H3. The number of ether oxygens (including phenoxy) is 1. The largest absolute Gasteiger partial charge is 0.457 e. The maximum Gasteiger partial charge on any atom is 0.339 e. The minimum absolute atomic E-state index is 0.208. The van der Waals surface area contributed by atoms with Gasteiger partial charge in [0.15, 0.2) is 6.29 Å². The van der Waals surface area contributed by atoms with E-state index in [4.69, 9.17) is 4.74 Å². The van der Waals surface area contributed by atoms with Crippen LogP contribution in [-0.2, 0) is 11.3 Å². The van der Waals surface area contributed by atoms with Crippen LogP contribution in [0, 0.1) is 13.8 Å². The normalized spacial score (nSPS) is 10.1. The number of carbonyl (C=O) groups is 2. The molecule has 2 aromatic rings. The molecule has 0 atom stereocenters. The van der Waals surface area contributed by atoms with Gasteiger partial charge >= 0.3 is 5.97 Å². The highest BCUT2D eigenvalue weighted by molar-refractivity contribution is 5.98. The van der Waals surface area contributed by atoms with Crippen molar-refractivity contribution in [1.82, 2.24) is 0 Å². The molecule has 0 saturated heterocycles. The topological polar surface area (TPSA) is 43.4 Å². The van der Waals surface area contributed by atoms with Gasteiger partial charge in [-0.25, -0.2) is 4.79 Å². The van der Waals surface area contributed by atoms with Crippen molar-refractivity contribution in [3.63, 3.8) is 0 Å². The summed E-state index contributed by atoms with van der Waals surface area (Å²) in [5, 5.41) is 0. The molecule has 0 aliphatic heterocycles. The first kappa shape index (κ1) is 14.0. The fourth-order valence-electron chi connectivity index (χ4n) is 1.96. The first-order chi connectivity index (χ1) is 9.61. The molecule has 0 saturated carbocycles. The van der Waals surface area contributed by atoms with Gasteiger partial charge in [-0.1, -0.05) is 42.0 Å². The monoisotopic (exact) mass is 268 g/mol. The highest BCUT2D eigenvalue weighted by Crippen LogP contribution is 2.14. The predicted octanol–water partition coefficient (Wildman–Crippen LogP) is 3.47. The van der Waals surface area contributed by atoms with Gasteiger partial charge in [-0.2, -0.15) is 0 Å². The lowest BCUT2D eigenvalue weighted by Gasteiger charge is -2.09. The molecular weight excluding hydrogens is 252 g/mol. The fraction of sp³-hybridized carbons (Fsp3) is 0.176. The second-order valence-corrected chi connectivity index (χ2v) is 4.71. The maximum absolute atomic E-state index is 12.0. The molecule has 2 aromatic carbocycles. The van der Waals surface area contributed by atoms with Gasteiger partial charge in [-0.15, -0.1) is 0 Å². The van der Waals surface area contributed by atoms with Crippen molar-refractivity contribution in [2.24, 2.45) is 0 Å². The van der Waals surface area contributed by atoms with E-state index in [0.29, 0.717) is 17.4 Å². The number of aryl methyl sites for hydroxylation is 2. The summed E-state index contributed by atoms with van der Waals surface area (Å²) < 4.78 is 5.29. The molecule has 0 amide bonds. The molecule has 0 radical (unpaired) electrons. The van der Waals surface area contributed by atoms with E-state index in [1.807, 2.05) is 32.0 Å². The Morgan fingerprint density at radius 1 is 1.15 bits per heavy atom. The van der Waals surface area contributed by atoms with Gasteiger partial charge in [0.1, 0.15) is 6.61 Å². The van der Waals surface area contributed by atoms with Crippen LogP contribution in [0.1, 0.15) is 37.4 Å². The minimum atomic E-state index is -0.478. The number of esters is 1. The first-order valence-corrected chi connectivity index (χ1v) is 6.39. The van der Waals surface area contributed by atoms with Crippen LogP contribution in [0.15, 0.2) is 42.5 Å². The molecule has 0 N–H and O–H groups in total. The lowest BCUT2D eigenvalue weighted by atomic mass is 10.1. The molecule has 2 rings (SSSR count). The Hall–Kier alpha value is -2.42. The molecule has 3 heteroatoms. The first-order valence-electron chi connectivity index (χ1n) is 6.39. The predicted molar refractivity (Wildman–Crippen MR) is 76.9 cm³/mol. The van der Waals surface area contributed by atoms with Crippen LogP contribution in [0.25, 0.3) is 0 Å². The molecule has 102 valence electrons. The second kappa shape index (κ2) is 6.15. The van der Waals surface area contributed by atoms with E-state index >= 15 is 0 Å². The highest BCUT2D eigenvalue weighted by atomic mass is 16.5. The average Bonchev–Trinajstić information content (AvgIpc) is 2.47. The Bertz CT molecular complexity index is 644. The summed E-state index contributed by atoms with van der Waals surface area (Å²) in [6, 6.07) is 12.6. The van der Waals surface area contributed by atoms with E-state index in [-0.39, 0.29) is 6.61 Å². The van der Waals surface area contributed by atoms with Crippen molar-refractivity contribution in [3.05, 3.63) is 70.3 Å². The van der Waals surface area contributed by atoms with Crippen molar-refractivity contribution in [2.75, 3.05) is 0 Å². The molecule has 0 fully saturated rings. The molecule has 0 bridgehead atoms. The van der Waals surface area contributed by atoms with Crippen LogP contribution in [0.5, 0.6) is 0 Å². The third kappa shape index (κ3) is 3.12. The van der Waals surface area contributed by atoms with Crippen molar-refractivity contribution < 1.29 is 14.3 Å². The third-order valence-corrected chi connectivity index (χ3v) is 3.17. The van der Waals surface area contributed by atoms with Crippen LogP contribution in [-0.4, -0.2) is 12.3 Å². The van der Waals surface area contributed by atoms with Crippen molar-refractivity contribution in [3.8, 4) is 0 Å². The lowest BCUT2D eigenvalue weighted by molar-refractivity contribution is 0.0470. The Kier molecular flexibility index (Phi) is 4.31. The number of hydrogen-bond acceptors (Lipinski definition) is 3. The van der Waals surface area contributed by atoms with Gasteiger partial charge in [-0.3, -0.25) is 4.79 Å². The fourth-order valence-corrected chi connectivity index (χ4v) is 1.96. The summed E-state index contributed by atoms with van der Waals surface area (Å²) in [7, 11) is 0. The van der Waals surface area contributed by atoms with Crippen LogP contribution in [0.3, 0.4) is 0 Å². The highest BCUT2D eigenvalue weighted by Gasteiger charge is 2.12. The van der Waals surface area contributed by atoms with Crippen molar-refractivity contribution in [1.29, 1.82) is 0 Å². The van der Waals surface area contributed by atoms with Crippen LogP contribution in [0.2, 0.25) is 0 Å². The Morgan fingerprint density at radius 2 is 1.90 bits per heavy atom. The van der Waals surface area contributed by atoms with Crippen molar-refractivity contribution in [2.45, 2.75) is 20.5 Å². The van der Waals surface area contributed by atoms with E-state index in [9.17, 15) is 9.59 Å². The number of carbonyl (C=O) groups excluding carboxylic acids is 2. The van der Waals surface area contributed by atoms with E-state index < -0.39 is 5.97 Å². The number of aldehydes is 1. The Labute approximate surface area is 118 Å². The smallest absolute Gasteiger partial charge is 0.339 e. The van der Waals surface area contributed by atoms with Gasteiger partial charge in [0, 0.05) is 5.56 Å². The average molecular weight is 268 g/mol. The number of hydrogen-bond donors (Lipinski definition) is 0. The van der Waals surface area contributed by atoms with E-state index in [1.165, 1.54) is 0 Å². The van der Waals surface area contributed by atoms with Gasteiger partial charge in [-0.05, 0) is 31.0 Å². The number of rotatable bonds is 4. The summed E-state index contributed by atoms with van der Waals surface area (Å²) >= 11 is 0. The van der Waals surface area contributed by atoms with E-state index in [2.05, 4.69) is 0 Å². The lowest BCUT2D eigenvalue weighted by Crippen LogP contribution is -2.08. The molecule has 0 spiro atoms. The zero-order valence-electron chi connectivity index (χ0n) is 11.6. The van der Waals surface area contributed by atoms with Crippen LogP contribution in [0.4, 0.5) is 0 Å². The van der Waals surface area contributed by atoms with Gasteiger partial charge in [0.2, 0.25) is 0 Å². The van der Waals surface area contributed by atoms with Gasteiger partial charge in [0.05, 0.1) is 5.56 Å². The quantitative estimate of drug-likeness (QED) is 0.630. The SMILES string of the molecule is Cc1ccc(C)c(COC(=O)c2ccccc2C=O)c1. The summed E-state index contributed by atoms with van der Waals surface area (Å²) in [5.41, 5.74) is 3.82. The Balaban J connectivity index is 2.12. The summed E-state index contributed by atoms with van der Waals surface area (Å²) in [6.07, 6.45) is 0.661.